The quantitative estimate of drug-likeness (QED) is 0.0237. The van der Waals surface area contributed by atoms with E-state index in [1.54, 1.807) is 76.3 Å². The number of benzene rings is 4. The van der Waals surface area contributed by atoms with Gasteiger partial charge in [0.1, 0.15) is 9.79 Å². The Labute approximate surface area is 434 Å². The third kappa shape index (κ3) is 13.0. The third-order valence-electron chi connectivity index (χ3n) is 13.1. The van der Waals surface area contributed by atoms with E-state index in [0.717, 1.165) is 12.1 Å². The molecule has 21 nitrogen and oxygen atoms in total. The number of fused-ring (bicyclic) bond motifs is 4. The predicted molar refractivity (Wildman–Crippen MR) is 276 cm³/mol. The largest absolute Gasteiger partial charge is 0.344 e. The lowest BCUT2D eigenvalue weighted by molar-refractivity contribution is -0.197. The van der Waals surface area contributed by atoms with Gasteiger partial charge in [-0.15, -0.1) is 5.06 Å². The Morgan fingerprint density at radius 3 is 1.79 bits per heavy atom. The molecule has 26 heteroatoms. The number of hydroxylamine groups is 2. The van der Waals surface area contributed by atoms with Crippen LogP contribution in [-0.2, 0) is 80.6 Å². The topological polar surface area (TPSA) is 339 Å². The lowest BCUT2D eigenvalue weighted by Gasteiger charge is -2.34. The highest BCUT2D eigenvalue weighted by molar-refractivity contribution is 7.87. The summed E-state index contributed by atoms with van der Waals surface area (Å²) in [6.45, 7) is 11.4. The van der Waals surface area contributed by atoms with Crippen LogP contribution in [0.1, 0.15) is 88.8 Å². The van der Waals surface area contributed by atoms with Gasteiger partial charge < -0.3 is 9.74 Å². The predicted octanol–water partition coefficient (Wildman–Crippen LogP) is 7.29. The van der Waals surface area contributed by atoms with Crippen LogP contribution in [0.15, 0.2) is 128 Å². The minimum absolute atomic E-state index is 0.0139. The average molecular weight is 1140 g/mol. The first-order valence-electron chi connectivity index (χ1n) is 22.9. The van der Waals surface area contributed by atoms with Gasteiger partial charge in [-0.1, -0.05) is 88.4 Å². The molecule has 1 unspecified atom stereocenters. The molecule has 0 bridgehead atoms. The van der Waals surface area contributed by atoms with E-state index in [1.807, 2.05) is 4.90 Å². The Hall–Kier alpha value is -5.94. The fourth-order valence-corrected chi connectivity index (χ4v) is 12.8. The maximum atomic E-state index is 12.6. The standard InChI is InChI=1S/C49H54N2O19S5/c1-31-18-19-35-37(27-33(72(58,59)60)29-40(35)74(64,65)66)46(31)49(5,24-14-26-71(55,56)57)32(2)15-10-7-6-8-11-16-42-48(3,4)47-38-28-34(73(61,62)63)30-41(75(67,68)69)36(38)20-21-39(47)50(42)25-13-9-12-17-45(54)70-51-43(52)22-23-44(51)53/h6-8,10-11,15-16,18-21,27-30H,2,9,12-14,17,22-26H2,1,3-5H3,(H,55,56,57)(H,58,59,60)(H,61,62,63)(H,64,65,66)(H,67,68,69)/b7-6+,11-8+,15-10+,42-16+. The molecule has 6 rings (SSSR count). The Balaban J connectivity index is 1.34. The molecule has 5 N–H and O–H groups in total. The minimum Gasteiger partial charge on any atom is -0.344 e. The van der Waals surface area contributed by atoms with E-state index in [9.17, 15) is 79.2 Å². The molecule has 0 aliphatic carbocycles. The van der Waals surface area contributed by atoms with Crippen molar-refractivity contribution < 1.29 is 84.1 Å². The molecule has 4 aromatic carbocycles. The lowest BCUT2D eigenvalue weighted by Crippen LogP contribution is -2.32. The van der Waals surface area contributed by atoms with Gasteiger partial charge in [-0.2, -0.15) is 42.1 Å². The Kier molecular flexibility index (Phi) is 16.8. The molecule has 1 fully saturated rings. The molecule has 4 aromatic rings. The fraction of sp³-hybridized carbons (Fsp3) is 0.327. The highest BCUT2D eigenvalue weighted by atomic mass is 32.2. The van der Waals surface area contributed by atoms with Crippen molar-refractivity contribution in [2.24, 2.45) is 0 Å². The highest BCUT2D eigenvalue weighted by Crippen LogP contribution is 2.52. The van der Waals surface area contributed by atoms with E-state index in [-0.39, 0.29) is 59.2 Å². The summed E-state index contributed by atoms with van der Waals surface area (Å²) in [5.41, 5.74) is 0.364. The minimum atomic E-state index is -5.07. The first kappa shape index (κ1) is 58.3. The number of imide groups is 1. The zero-order valence-corrected chi connectivity index (χ0v) is 44.9. The summed E-state index contributed by atoms with van der Waals surface area (Å²) in [7, 11) is -24.6. The number of carbonyl (C=O) groups excluding carboxylic acids is 3. The number of hydrogen-bond acceptors (Lipinski definition) is 15. The van der Waals surface area contributed by atoms with E-state index in [4.69, 9.17) is 4.84 Å². The summed E-state index contributed by atoms with van der Waals surface area (Å²) in [5, 5.41) is 0.435. The van der Waals surface area contributed by atoms with E-state index < -0.39 is 105 Å². The summed E-state index contributed by atoms with van der Waals surface area (Å²) in [5.74, 6) is -2.66. The molecule has 0 aromatic heterocycles. The molecule has 2 aliphatic rings. The van der Waals surface area contributed by atoms with E-state index in [1.165, 1.54) is 18.2 Å². The van der Waals surface area contributed by atoms with Gasteiger partial charge in [-0.3, -0.25) is 32.4 Å². The van der Waals surface area contributed by atoms with E-state index >= 15 is 0 Å². The molecule has 404 valence electrons. The first-order chi connectivity index (χ1) is 34.6. The molecule has 2 amide bonds. The van der Waals surface area contributed by atoms with Crippen LogP contribution in [0.4, 0.5) is 5.69 Å². The number of nitrogens with zero attached hydrogens (tertiary/aromatic N) is 2. The van der Waals surface area contributed by atoms with Crippen molar-refractivity contribution in [3.63, 3.8) is 0 Å². The maximum Gasteiger partial charge on any atom is 0.333 e. The second kappa shape index (κ2) is 21.6. The molecule has 1 atom stereocenters. The maximum absolute atomic E-state index is 12.6. The van der Waals surface area contributed by atoms with Crippen molar-refractivity contribution in [2.45, 2.75) is 109 Å². The normalized spacial score (nSPS) is 17.1. The van der Waals surface area contributed by atoms with Gasteiger partial charge in [0, 0.05) is 58.8 Å². The lowest BCUT2D eigenvalue weighted by atomic mass is 9.70. The zero-order chi connectivity index (χ0) is 55.9. The van der Waals surface area contributed by atoms with E-state index in [2.05, 4.69) is 6.58 Å². The van der Waals surface area contributed by atoms with Gasteiger partial charge >= 0.3 is 5.97 Å². The molecule has 0 spiro atoms. The summed E-state index contributed by atoms with van der Waals surface area (Å²) < 4.78 is 173. The van der Waals surface area contributed by atoms with Crippen LogP contribution in [0, 0.1) is 6.92 Å². The van der Waals surface area contributed by atoms with Gasteiger partial charge in [-0.25, -0.2) is 4.79 Å². The van der Waals surface area contributed by atoms with Crippen molar-refractivity contribution in [3.8, 4) is 0 Å². The number of aryl methyl sites for hydroxylation is 1. The third-order valence-corrected chi connectivity index (χ3v) is 17.4. The van der Waals surface area contributed by atoms with Gasteiger partial charge in [0.2, 0.25) is 0 Å². The monoisotopic (exact) mass is 1130 g/mol. The Morgan fingerprint density at radius 1 is 0.693 bits per heavy atom. The van der Waals surface area contributed by atoms with Crippen LogP contribution in [0.2, 0.25) is 0 Å². The molecule has 2 heterocycles. The molecule has 75 heavy (non-hydrogen) atoms. The molecule has 0 saturated carbocycles. The Morgan fingerprint density at radius 2 is 1.23 bits per heavy atom. The van der Waals surface area contributed by atoms with Crippen molar-refractivity contribution in [1.29, 1.82) is 0 Å². The van der Waals surface area contributed by atoms with Gasteiger partial charge in [0.15, 0.2) is 0 Å². The second-order valence-electron chi connectivity index (χ2n) is 18.7. The van der Waals surface area contributed by atoms with E-state index in [0.29, 0.717) is 71.1 Å². The number of rotatable bonds is 21. The van der Waals surface area contributed by atoms with Crippen molar-refractivity contribution in [3.05, 3.63) is 126 Å². The summed E-state index contributed by atoms with van der Waals surface area (Å²) >= 11 is 0. The van der Waals surface area contributed by atoms with Gasteiger partial charge in [-0.05, 0) is 102 Å². The number of anilines is 1. The number of hydrogen-bond donors (Lipinski definition) is 5. The van der Waals surface area contributed by atoms with Crippen LogP contribution in [0.25, 0.3) is 21.5 Å². The van der Waals surface area contributed by atoms with Crippen LogP contribution in [-0.4, -0.2) is 100.0 Å². The van der Waals surface area contributed by atoms with Crippen molar-refractivity contribution in [1.82, 2.24) is 5.06 Å². The zero-order valence-electron chi connectivity index (χ0n) is 40.8. The Bertz CT molecular complexity index is 3750. The fourth-order valence-electron chi connectivity index (χ4n) is 9.59. The van der Waals surface area contributed by atoms with Crippen LogP contribution in [0.3, 0.4) is 0 Å². The van der Waals surface area contributed by atoms with Gasteiger partial charge in [0.25, 0.3) is 62.4 Å². The summed E-state index contributed by atoms with van der Waals surface area (Å²) in [4.78, 5) is 40.0. The summed E-state index contributed by atoms with van der Waals surface area (Å²) in [6, 6.07) is 9.30. The van der Waals surface area contributed by atoms with Crippen molar-refractivity contribution >= 4 is 95.6 Å². The highest BCUT2D eigenvalue weighted by Gasteiger charge is 2.42. The van der Waals surface area contributed by atoms with Crippen molar-refractivity contribution in [2.75, 3.05) is 17.2 Å². The number of carbonyl (C=O) groups is 3. The molecule has 2 aliphatic heterocycles. The molecular formula is C49H54N2O19S5. The number of unbranched alkanes of at least 4 members (excludes halogenated alkanes) is 2. The average Bonchev–Trinajstić information content (AvgIpc) is 3.71. The molecule has 0 radical (unpaired) electrons. The van der Waals surface area contributed by atoms with Crippen LogP contribution >= 0.6 is 0 Å². The number of allylic oxidation sites excluding steroid dienone is 9. The van der Waals surface area contributed by atoms with Gasteiger partial charge in [0.05, 0.1) is 15.5 Å². The molecule has 1 saturated heterocycles. The first-order valence-corrected chi connectivity index (χ1v) is 30.2. The smallest absolute Gasteiger partial charge is 0.333 e. The summed E-state index contributed by atoms with van der Waals surface area (Å²) in [6.07, 6.45) is 12.3. The second-order valence-corrected chi connectivity index (χ2v) is 25.9. The van der Waals surface area contributed by atoms with Crippen LogP contribution < -0.4 is 4.90 Å². The number of amides is 2. The SMILES string of the molecule is C=C(/C=C/C=C/C=C/C=C1/N(CCCCCC(=O)ON2C(=O)CCC2=O)c2ccc3c(S(=O)(=O)O)cc(S(=O)(=O)O)cc3c2C1(C)C)C(C)(CCCS(=O)(=O)O)c1c(C)ccc2c(S(=O)(=O)O)cc(S(=O)(=O)O)cc12. The van der Waals surface area contributed by atoms with Crippen LogP contribution in [0.5, 0.6) is 0 Å². The molecular weight excluding hydrogens is 1080 g/mol.